The number of Topliss-reactive ketones (excluding diaryl/α,β-unsaturated/α-hetero) is 1. The monoisotopic (exact) mass is 498 g/mol. The first-order valence-corrected chi connectivity index (χ1v) is 12.2. The predicted molar refractivity (Wildman–Crippen MR) is 131 cm³/mol. The molecule has 0 unspecified atom stereocenters. The van der Waals surface area contributed by atoms with Gasteiger partial charge in [0.1, 0.15) is 11.6 Å². The number of carbonyl (C=O) groups is 2. The second kappa shape index (κ2) is 11.5. The zero-order valence-electron chi connectivity index (χ0n) is 20.5. The van der Waals surface area contributed by atoms with Crippen molar-refractivity contribution in [2.75, 3.05) is 52.6 Å². The fraction of sp³-hybridized carbons (Fsp3) is 0.407. The molecule has 0 aliphatic carbocycles. The molecule has 1 amide bonds. The lowest BCUT2D eigenvalue weighted by Crippen LogP contribution is -2.42. The quantitative estimate of drug-likeness (QED) is 0.322. The van der Waals surface area contributed by atoms with Gasteiger partial charge in [0.15, 0.2) is 11.5 Å². The van der Waals surface area contributed by atoms with Crippen LogP contribution in [0.25, 0.3) is 5.76 Å². The summed E-state index contributed by atoms with van der Waals surface area (Å²) in [6, 6.07) is 9.56. The summed E-state index contributed by atoms with van der Waals surface area (Å²) in [4.78, 5) is 30.1. The Hall–Kier alpha value is -3.43. The first kappa shape index (κ1) is 25.7. The van der Waals surface area contributed by atoms with Gasteiger partial charge in [0.2, 0.25) is 0 Å². The molecule has 2 fully saturated rings. The van der Waals surface area contributed by atoms with Gasteiger partial charge in [0.05, 0.1) is 38.0 Å². The van der Waals surface area contributed by atoms with Crippen molar-refractivity contribution in [2.24, 2.45) is 0 Å². The summed E-state index contributed by atoms with van der Waals surface area (Å²) in [5.74, 6) is -1.26. The molecule has 4 rings (SSSR count). The van der Waals surface area contributed by atoms with Crippen LogP contribution in [0.4, 0.5) is 4.39 Å². The molecule has 2 heterocycles. The third-order valence-corrected chi connectivity index (χ3v) is 6.30. The van der Waals surface area contributed by atoms with Crippen molar-refractivity contribution in [2.45, 2.75) is 19.9 Å². The van der Waals surface area contributed by atoms with E-state index in [0.717, 1.165) is 13.1 Å². The number of ether oxygens (including phenoxy) is 3. The molecule has 0 aromatic heterocycles. The molecule has 2 aromatic rings. The molecule has 192 valence electrons. The van der Waals surface area contributed by atoms with Crippen molar-refractivity contribution in [3.05, 3.63) is 65.0 Å². The first-order valence-electron chi connectivity index (χ1n) is 12.2. The van der Waals surface area contributed by atoms with E-state index in [1.165, 1.54) is 29.2 Å². The summed E-state index contributed by atoms with van der Waals surface area (Å²) in [6.07, 6.45) is 0. The molecule has 0 bridgehead atoms. The highest BCUT2D eigenvalue weighted by atomic mass is 19.1. The number of halogens is 1. The molecule has 1 N–H and O–H groups in total. The Morgan fingerprint density at radius 1 is 1.00 bits per heavy atom. The minimum absolute atomic E-state index is 0.0415. The summed E-state index contributed by atoms with van der Waals surface area (Å²) >= 11 is 0. The van der Waals surface area contributed by atoms with Gasteiger partial charge in [-0.3, -0.25) is 14.5 Å². The molecule has 8 nitrogen and oxygen atoms in total. The third-order valence-electron chi connectivity index (χ3n) is 6.30. The number of aliphatic hydroxyl groups is 1. The smallest absolute Gasteiger partial charge is 0.295 e. The van der Waals surface area contributed by atoms with Crippen molar-refractivity contribution in [1.29, 1.82) is 0 Å². The number of nitrogens with zero attached hydrogens (tertiary/aromatic N) is 2. The largest absolute Gasteiger partial charge is 0.507 e. The van der Waals surface area contributed by atoms with Crippen LogP contribution in [0, 0.1) is 5.82 Å². The van der Waals surface area contributed by atoms with Crippen LogP contribution in [0.15, 0.2) is 48.0 Å². The molecule has 1 atom stereocenters. The van der Waals surface area contributed by atoms with Gasteiger partial charge >= 0.3 is 0 Å². The fourth-order valence-corrected chi connectivity index (χ4v) is 4.53. The van der Waals surface area contributed by atoms with Crippen LogP contribution in [0.2, 0.25) is 0 Å². The van der Waals surface area contributed by atoms with Crippen LogP contribution in [-0.2, 0) is 14.3 Å². The van der Waals surface area contributed by atoms with E-state index in [0.29, 0.717) is 50.0 Å². The number of hydrogen-bond donors (Lipinski definition) is 1. The van der Waals surface area contributed by atoms with E-state index >= 15 is 0 Å². The van der Waals surface area contributed by atoms with Crippen LogP contribution in [0.5, 0.6) is 11.5 Å². The highest BCUT2D eigenvalue weighted by Crippen LogP contribution is 2.42. The van der Waals surface area contributed by atoms with Gasteiger partial charge in [-0.25, -0.2) is 4.39 Å². The molecule has 36 heavy (non-hydrogen) atoms. The van der Waals surface area contributed by atoms with Crippen LogP contribution >= 0.6 is 0 Å². The summed E-state index contributed by atoms with van der Waals surface area (Å²) in [5, 5.41) is 11.2. The molecule has 0 radical (unpaired) electrons. The number of benzene rings is 2. The van der Waals surface area contributed by atoms with Gasteiger partial charge in [-0.15, -0.1) is 0 Å². The van der Waals surface area contributed by atoms with Gasteiger partial charge in [0, 0.05) is 31.7 Å². The zero-order valence-corrected chi connectivity index (χ0v) is 20.5. The van der Waals surface area contributed by atoms with Crippen LogP contribution in [-0.4, -0.2) is 79.2 Å². The van der Waals surface area contributed by atoms with Crippen molar-refractivity contribution < 1.29 is 33.3 Å². The Bertz CT molecular complexity index is 1130. The molecule has 2 aliphatic rings. The van der Waals surface area contributed by atoms with E-state index in [1.54, 1.807) is 18.2 Å². The number of ketones is 1. The van der Waals surface area contributed by atoms with Gasteiger partial charge in [-0.2, -0.15) is 0 Å². The number of hydrogen-bond acceptors (Lipinski definition) is 7. The van der Waals surface area contributed by atoms with Crippen LogP contribution < -0.4 is 9.47 Å². The van der Waals surface area contributed by atoms with Crippen molar-refractivity contribution >= 4 is 17.4 Å². The van der Waals surface area contributed by atoms with E-state index in [4.69, 9.17) is 14.2 Å². The van der Waals surface area contributed by atoms with E-state index < -0.39 is 23.5 Å². The maximum Gasteiger partial charge on any atom is 0.295 e. The zero-order chi connectivity index (χ0) is 25.7. The topological polar surface area (TPSA) is 88.5 Å². The average Bonchev–Trinajstić information content (AvgIpc) is 3.14. The SMILES string of the molecule is CCOc1ccc([C@H]2C(=C(O)c3ccc(F)cc3)C(=O)C(=O)N2CCN2CCOCC2)cc1OCC. The van der Waals surface area contributed by atoms with Crippen molar-refractivity contribution in [1.82, 2.24) is 9.80 Å². The highest BCUT2D eigenvalue weighted by Gasteiger charge is 2.46. The number of likely N-dealkylation sites (tertiary alicyclic amines) is 1. The van der Waals surface area contributed by atoms with Gasteiger partial charge in [-0.1, -0.05) is 6.07 Å². The summed E-state index contributed by atoms with van der Waals surface area (Å²) in [6.45, 7) is 8.11. The minimum atomic E-state index is -0.842. The molecular formula is C27H31FN2O6. The van der Waals surface area contributed by atoms with Crippen LogP contribution in [0.3, 0.4) is 0 Å². The standard InChI is InChI=1S/C27H31FN2O6/c1-3-35-21-10-7-19(17-22(21)36-4-2)24-23(25(31)18-5-8-20(28)9-6-18)26(32)27(33)30(24)12-11-29-13-15-34-16-14-29/h5-10,17,24,31H,3-4,11-16H2,1-2H3/t24-/m0/s1. The Morgan fingerprint density at radius 3 is 2.33 bits per heavy atom. The highest BCUT2D eigenvalue weighted by molar-refractivity contribution is 6.46. The Labute approximate surface area is 209 Å². The lowest BCUT2D eigenvalue weighted by atomic mass is 9.95. The van der Waals surface area contributed by atoms with Gasteiger partial charge < -0.3 is 24.2 Å². The number of aliphatic hydroxyl groups excluding tert-OH is 1. The molecule has 2 aliphatic heterocycles. The Morgan fingerprint density at radius 2 is 1.67 bits per heavy atom. The molecule has 9 heteroatoms. The maximum absolute atomic E-state index is 13.5. The summed E-state index contributed by atoms with van der Waals surface area (Å²) in [5.41, 5.74) is 0.815. The van der Waals surface area contributed by atoms with E-state index in [9.17, 15) is 19.1 Å². The lowest BCUT2D eigenvalue weighted by Gasteiger charge is -2.31. The Balaban J connectivity index is 1.77. The number of carbonyl (C=O) groups excluding carboxylic acids is 2. The fourth-order valence-electron chi connectivity index (χ4n) is 4.53. The van der Waals surface area contributed by atoms with Crippen molar-refractivity contribution in [3.8, 4) is 11.5 Å². The van der Waals surface area contributed by atoms with Gasteiger partial charge in [-0.05, 0) is 55.8 Å². The molecule has 0 spiro atoms. The molecule has 2 saturated heterocycles. The number of amides is 1. The maximum atomic E-state index is 13.5. The molecule has 0 saturated carbocycles. The normalized spacial score (nSPS) is 20.1. The first-order chi connectivity index (χ1) is 17.4. The van der Waals surface area contributed by atoms with E-state index in [2.05, 4.69) is 4.90 Å². The van der Waals surface area contributed by atoms with Crippen molar-refractivity contribution in [3.63, 3.8) is 0 Å². The Kier molecular flexibility index (Phi) is 8.22. The minimum Gasteiger partial charge on any atom is -0.507 e. The van der Waals surface area contributed by atoms with Crippen LogP contribution in [0.1, 0.15) is 31.0 Å². The summed E-state index contributed by atoms with van der Waals surface area (Å²) in [7, 11) is 0. The molecular weight excluding hydrogens is 467 g/mol. The number of morpholine rings is 1. The molecule has 2 aromatic carbocycles. The second-order valence-corrected chi connectivity index (χ2v) is 8.53. The average molecular weight is 499 g/mol. The lowest BCUT2D eigenvalue weighted by molar-refractivity contribution is -0.140. The van der Waals surface area contributed by atoms with E-state index in [-0.39, 0.29) is 23.4 Å². The third kappa shape index (κ3) is 5.37. The second-order valence-electron chi connectivity index (χ2n) is 8.53. The predicted octanol–water partition coefficient (Wildman–Crippen LogP) is 3.38. The summed E-state index contributed by atoms with van der Waals surface area (Å²) < 4.78 is 30.3. The number of rotatable bonds is 9. The van der Waals surface area contributed by atoms with Gasteiger partial charge in [0.25, 0.3) is 11.7 Å². The van der Waals surface area contributed by atoms with E-state index in [1.807, 2.05) is 13.8 Å².